The van der Waals surface area contributed by atoms with E-state index in [-0.39, 0.29) is 12.5 Å². The van der Waals surface area contributed by atoms with Gasteiger partial charge in [-0.2, -0.15) is 0 Å². The van der Waals surface area contributed by atoms with Crippen LogP contribution in [0.15, 0.2) is 12.1 Å². The van der Waals surface area contributed by atoms with E-state index in [4.69, 9.17) is 14.2 Å². The Labute approximate surface area is 106 Å². The highest BCUT2D eigenvalue weighted by molar-refractivity contribution is 5.51. The molecule has 1 fully saturated rings. The Morgan fingerprint density at radius 3 is 2.89 bits per heavy atom. The predicted octanol–water partition coefficient (Wildman–Crippen LogP) is 1.34. The molecule has 3 rings (SSSR count). The Bertz CT molecular complexity index is 449. The number of fused-ring (bicyclic) bond motifs is 1. The minimum absolute atomic E-state index is 0.230. The molecule has 0 bridgehead atoms. The summed E-state index contributed by atoms with van der Waals surface area (Å²) in [7, 11) is 1.74. The molecule has 1 atom stereocenters. The lowest BCUT2D eigenvalue weighted by Crippen LogP contribution is -2.22. The largest absolute Gasteiger partial charge is 0.507 e. The van der Waals surface area contributed by atoms with Gasteiger partial charge in [-0.3, -0.25) is 4.90 Å². The molecule has 0 radical (unpaired) electrons. The number of hydrogen-bond acceptors (Lipinski definition) is 5. The standard InChI is InChI=1S/C13H17NO4/c1-16-10-2-3-14(7-10)6-9-4-12-13(5-11(9)15)18-8-17-12/h4-5,10,15H,2-3,6-8H2,1H3. The van der Waals surface area contributed by atoms with Crippen molar-refractivity contribution >= 4 is 0 Å². The van der Waals surface area contributed by atoms with Crippen molar-refractivity contribution in [3.8, 4) is 17.2 Å². The quantitative estimate of drug-likeness (QED) is 0.878. The fourth-order valence-corrected chi connectivity index (χ4v) is 2.47. The monoisotopic (exact) mass is 251 g/mol. The number of phenolic OH excluding ortho intramolecular Hbond substituents is 1. The van der Waals surface area contributed by atoms with E-state index in [0.29, 0.717) is 24.1 Å². The molecule has 0 amide bonds. The van der Waals surface area contributed by atoms with Crippen LogP contribution in [-0.4, -0.2) is 43.1 Å². The van der Waals surface area contributed by atoms with Crippen LogP contribution in [-0.2, 0) is 11.3 Å². The van der Waals surface area contributed by atoms with E-state index in [1.165, 1.54) is 0 Å². The van der Waals surface area contributed by atoms with Gasteiger partial charge in [0, 0.05) is 38.4 Å². The topological polar surface area (TPSA) is 51.2 Å². The molecule has 2 heterocycles. The Kier molecular flexibility index (Phi) is 3.01. The predicted molar refractivity (Wildman–Crippen MR) is 64.9 cm³/mol. The molecule has 1 aromatic carbocycles. The number of aromatic hydroxyl groups is 1. The highest BCUT2D eigenvalue weighted by Gasteiger charge is 2.24. The van der Waals surface area contributed by atoms with Crippen molar-refractivity contribution < 1.29 is 19.3 Å². The second kappa shape index (κ2) is 4.66. The molecule has 2 aliphatic rings. The van der Waals surface area contributed by atoms with Gasteiger partial charge in [0.25, 0.3) is 0 Å². The lowest BCUT2D eigenvalue weighted by Gasteiger charge is -2.16. The molecule has 5 heteroatoms. The minimum atomic E-state index is 0.230. The molecule has 2 aliphatic heterocycles. The van der Waals surface area contributed by atoms with Gasteiger partial charge in [-0.1, -0.05) is 0 Å². The smallest absolute Gasteiger partial charge is 0.231 e. The summed E-state index contributed by atoms with van der Waals surface area (Å²) in [5, 5.41) is 9.96. The molecular weight excluding hydrogens is 234 g/mol. The maximum absolute atomic E-state index is 9.96. The van der Waals surface area contributed by atoms with E-state index in [1.807, 2.05) is 6.07 Å². The number of ether oxygens (including phenoxy) is 3. The molecule has 1 saturated heterocycles. The van der Waals surface area contributed by atoms with Crippen LogP contribution in [0.1, 0.15) is 12.0 Å². The van der Waals surface area contributed by atoms with E-state index in [2.05, 4.69) is 4.90 Å². The van der Waals surface area contributed by atoms with Crippen molar-refractivity contribution in [3.63, 3.8) is 0 Å². The van der Waals surface area contributed by atoms with Crippen LogP contribution in [0.25, 0.3) is 0 Å². The first kappa shape index (κ1) is 11.6. The zero-order valence-corrected chi connectivity index (χ0v) is 10.4. The van der Waals surface area contributed by atoms with E-state index in [1.54, 1.807) is 13.2 Å². The summed E-state index contributed by atoms with van der Waals surface area (Å²) < 4.78 is 15.9. The van der Waals surface area contributed by atoms with Gasteiger partial charge in [-0.15, -0.1) is 0 Å². The zero-order chi connectivity index (χ0) is 12.5. The maximum Gasteiger partial charge on any atom is 0.231 e. The average molecular weight is 251 g/mol. The summed E-state index contributed by atoms with van der Waals surface area (Å²) in [6, 6.07) is 3.49. The number of phenols is 1. The van der Waals surface area contributed by atoms with Crippen LogP contribution in [0.3, 0.4) is 0 Å². The van der Waals surface area contributed by atoms with Crippen molar-refractivity contribution in [3.05, 3.63) is 17.7 Å². The zero-order valence-electron chi connectivity index (χ0n) is 10.4. The molecule has 0 saturated carbocycles. The third-order valence-corrected chi connectivity index (χ3v) is 3.53. The molecular formula is C13H17NO4. The van der Waals surface area contributed by atoms with E-state index < -0.39 is 0 Å². The fourth-order valence-electron chi connectivity index (χ4n) is 2.47. The van der Waals surface area contributed by atoms with Gasteiger partial charge in [-0.05, 0) is 12.5 Å². The second-order valence-electron chi connectivity index (χ2n) is 4.72. The van der Waals surface area contributed by atoms with Crippen molar-refractivity contribution in [1.82, 2.24) is 4.90 Å². The van der Waals surface area contributed by atoms with Crippen molar-refractivity contribution in [2.75, 3.05) is 27.0 Å². The van der Waals surface area contributed by atoms with Crippen LogP contribution >= 0.6 is 0 Å². The van der Waals surface area contributed by atoms with Gasteiger partial charge in [0.05, 0.1) is 6.10 Å². The summed E-state index contributed by atoms with van der Waals surface area (Å²) >= 11 is 0. The van der Waals surface area contributed by atoms with Gasteiger partial charge in [0.15, 0.2) is 11.5 Å². The second-order valence-corrected chi connectivity index (χ2v) is 4.72. The molecule has 0 spiro atoms. The Morgan fingerprint density at radius 2 is 2.17 bits per heavy atom. The molecule has 1 N–H and O–H groups in total. The lowest BCUT2D eigenvalue weighted by atomic mass is 10.1. The van der Waals surface area contributed by atoms with E-state index >= 15 is 0 Å². The first-order valence-corrected chi connectivity index (χ1v) is 6.13. The average Bonchev–Trinajstić information content (AvgIpc) is 2.98. The van der Waals surface area contributed by atoms with Crippen molar-refractivity contribution in [2.24, 2.45) is 0 Å². The first-order valence-electron chi connectivity index (χ1n) is 6.13. The van der Waals surface area contributed by atoms with Crippen molar-refractivity contribution in [1.29, 1.82) is 0 Å². The van der Waals surface area contributed by atoms with Crippen LogP contribution in [0.2, 0.25) is 0 Å². The highest BCUT2D eigenvalue weighted by Crippen LogP contribution is 2.38. The van der Waals surface area contributed by atoms with Crippen LogP contribution in [0, 0.1) is 0 Å². The van der Waals surface area contributed by atoms with Gasteiger partial charge < -0.3 is 19.3 Å². The number of likely N-dealkylation sites (tertiary alicyclic amines) is 1. The summed E-state index contributed by atoms with van der Waals surface area (Å²) in [5.74, 6) is 1.60. The molecule has 98 valence electrons. The van der Waals surface area contributed by atoms with Gasteiger partial charge >= 0.3 is 0 Å². The minimum Gasteiger partial charge on any atom is -0.507 e. The number of hydrogen-bond donors (Lipinski definition) is 1. The van der Waals surface area contributed by atoms with Gasteiger partial charge in [0.2, 0.25) is 6.79 Å². The number of nitrogens with zero attached hydrogens (tertiary/aromatic N) is 1. The number of rotatable bonds is 3. The molecule has 1 unspecified atom stereocenters. The molecule has 1 aromatic rings. The molecule has 0 aromatic heterocycles. The van der Waals surface area contributed by atoms with E-state index in [0.717, 1.165) is 25.1 Å². The number of benzene rings is 1. The summed E-state index contributed by atoms with van der Waals surface area (Å²) in [6.07, 6.45) is 1.35. The van der Waals surface area contributed by atoms with Crippen LogP contribution < -0.4 is 9.47 Å². The normalized spacial score (nSPS) is 22.6. The summed E-state index contributed by atoms with van der Waals surface area (Å²) in [6.45, 7) is 2.84. The SMILES string of the molecule is COC1CCN(Cc2cc3c(cc2O)OCO3)C1. The number of methoxy groups -OCH3 is 1. The van der Waals surface area contributed by atoms with Gasteiger partial charge in [-0.25, -0.2) is 0 Å². The van der Waals surface area contributed by atoms with Gasteiger partial charge in [0.1, 0.15) is 5.75 Å². The maximum atomic E-state index is 9.96. The molecule has 0 aliphatic carbocycles. The lowest BCUT2D eigenvalue weighted by molar-refractivity contribution is 0.107. The van der Waals surface area contributed by atoms with Crippen LogP contribution in [0.4, 0.5) is 0 Å². The first-order chi connectivity index (χ1) is 8.76. The third-order valence-electron chi connectivity index (χ3n) is 3.53. The Balaban J connectivity index is 1.73. The fraction of sp³-hybridized carbons (Fsp3) is 0.538. The third kappa shape index (κ3) is 2.11. The summed E-state index contributed by atoms with van der Waals surface area (Å²) in [4.78, 5) is 2.27. The van der Waals surface area contributed by atoms with Crippen LogP contribution in [0.5, 0.6) is 17.2 Å². The summed E-state index contributed by atoms with van der Waals surface area (Å²) in [5.41, 5.74) is 0.871. The van der Waals surface area contributed by atoms with E-state index in [9.17, 15) is 5.11 Å². The Morgan fingerprint density at radius 1 is 1.39 bits per heavy atom. The van der Waals surface area contributed by atoms with Crippen molar-refractivity contribution in [2.45, 2.75) is 19.1 Å². The molecule has 18 heavy (non-hydrogen) atoms. The highest BCUT2D eigenvalue weighted by atomic mass is 16.7. The Hall–Kier alpha value is -1.46. The molecule has 5 nitrogen and oxygen atoms in total.